The van der Waals surface area contributed by atoms with E-state index in [0.29, 0.717) is 12.8 Å². The summed E-state index contributed by atoms with van der Waals surface area (Å²) in [5.41, 5.74) is 20.9. The Morgan fingerprint density at radius 3 is 2.02 bits per heavy atom. The van der Waals surface area contributed by atoms with Crippen molar-refractivity contribution in [2.45, 2.75) is 125 Å². The summed E-state index contributed by atoms with van der Waals surface area (Å²) >= 11 is 0.750. The molecule has 3 fully saturated rings. The highest BCUT2D eigenvalue weighted by molar-refractivity contribution is 7.99. The fourth-order valence-corrected chi connectivity index (χ4v) is 8.31. The van der Waals surface area contributed by atoms with Gasteiger partial charge in [0.25, 0.3) is 0 Å². The van der Waals surface area contributed by atoms with Gasteiger partial charge in [-0.2, -0.15) is 0 Å². The van der Waals surface area contributed by atoms with Crippen LogP contribution in [-0.4, -0.2) is 182 Å². The van der Waals surface area contributed by atoms with E-state index < -0.39 is 132 Å². The Morgan fingerprint density at radius 1 is 0.864 bits per heavy atom. The van der Waals surface area contributed by atoms with Crippen LogP contribution < -0.4 is 44.2 Å². The quantitative estimate of drug-likeness (QED) is 0.0308. The van der Waals surface area contributed by atoms with Crippen molar-refractivity contribution >= 4 is 65.0 Å². The number of aliphatic carboxylic acids is 1. The van der Waals surface area contributed by atoms with Crippen LogP contribution in [0.4, 0.5) is 0 Å². The van der Waals surface area contributed by atoms with Gasteiger partial charge in [-0.3, -0.25) is 43.3 Å². The van der Waals surface area contributed by atoms with Crippen LogP contribution in [0.5, 0.6) is 0 Å². The van der Waals surface area contributed by atoms with Crippen molar-refractivity contribution in [3.63, 3.8) is 0 Å². The number of carbonyl (C=O) groups excluding carboxylic acids is 7. The number of nitrogens with one attached hydrogen (secondary N) is 4. The lowest BCUT2D eigenvalue weighted by Crippen LogP contribution is -2.63. The molecule has 332 valence electrons. The highest BCUT2D eigenvalue weighted by Crippen LogP contribution is 2.29. The topological polar surface area (TPSA) is 398 Å². The molecule has 0 saturated carbocycles. The van der Waals surface area contributed by atoms with E-state index in [0.717, 1.165) is 18.7 Å². The van der Waals surface area contributed by atoms with E-state index in [-0.39, 0.29) is 51.3 Å². The molecule has 0 aromatic carbocycles. The Kier molecular flexibility index (Phi) is 18.5. The van der Waals surface area contributed by atoms with Crippen LogP contribution in [-0.2, 0) is 43.1 Å². The van der Waals surface area contributed by atoms with Crippen molar-refractivity contribution in [3.05, 3.63) is 0 Å². The third-order valence-corrected chi connectivity index (χ3v) is 11.2. The fraction of sp³-hybridized carbons (Fsp3) is 0.735. The molecule has 25 heteroatoms. The van der Waals surface area contributed by atoms with Crippen LogP contribution in [0.2, 0.25) is 0 Å². The standard InChI is InChI=1S/C34H57N11O13S/c1-15(35)31(56)45-11-5-8-21(45)30(55)42-18(12-23(48)49)28(53)43-19(14-59-33-24(40-16(2)47)26(51)25(50)22(13-46)58-33)29(54)41-17(6-3-9-39-34(37)38)32(57)44-10-4-7-20(44)27(36)52/h15,17-22,24-26,33,46,50-51H,3-14,35H2,1-2H3,(H2,36,52)(H,40,47)(H,41,54)(H,42,55)(H,43,53)(H,48,49)(H4,37,38,39)/t15-,17-,18-,19-,20-,21-,22+,24+,25-,26+,33+/m0/s1. The van der Waals surface area contributed by atoms with E-state index in [1.54, 1.807) is 0 Å². The molecule has 0 aromatic rings. The molecule has 0 aromatic heterocycles. The minimum Gasteiger partial charge on any atom is -0.481 e. The number of carbonyl (C=O) groups is 8. The molecule has 16 N–H and O–H groups in total. The van der Waals surface area contributed by atoms with Gasteiger partial charge in [0, 0.05) is 32.3 Å². The highest BCUT2D eigenvalue weighted by atomic mass is 32.2. The summed E-state index contributed by atoms with van der Waals surface area (Å²) < 4.78 is 5.76. The van der Waals surface area contributed by atoms with Gasteiger partial charge in [-0.05, 0) is 45.4 Å². The second kappa shape index (κ2) is 22.5. The fourth-order valence-electron chi connectivity index (χ4n) is 7.04. The lowest BCUT2D eigenvalue weighted by atomic mass is 9.98. The predicted octanol–water partition coefficient (Wildman–Crippen LogP) is -6.54. The highest BCUT2D eigenvalue weighted by Gasteiger charge is 2.46. The van der Waals surface area contributed by atoms with E-state index in [4.69, 9.17) is 27.7 Å². The lowest BCUT2D eigenvalue weighted by molar-refractivity contribution is -0.173. The molecule has 24 nitrogen and oxygen atoms in total. The second-order valence-electron chi connectivity index (χ2n) is 14.6. The monoisotopic (exact) mass is 859 g/mol. The van der Waals surface area contributed by atoms with Gasteiger partial charge in [0.05, 0.1) is 25.1 Å². The molecular formula is C34H57N11O13S. The van der Waals surface area contributed by atoms with Crippen molar-refractivity contribution < 1.29 is 63.5 Å². The summed E-state index contributed by atoms with van der Waals surface area (Å²) in [4.78, 5) is 111. The van der Waals surface area contributed by atoms with Crippen LogP contribution in [0, 0.1) is 0 Å². The SMILES string of the molecule is CC(=O)N[C@@H]1[C@@H](O)[C@@H](O)[C@@H](CO)O[C@@H]1SC[C@H](NC(=O)[C@H](CC(=O)O)NC(=O)[C@@H]1CCCN1C(=O)[C@H](C)N)C(=O)N[C@@H](CCCN=C(N)N)C(=O)N1CCC[C@H]1C(N)=O. The summed E-state index contributed by atoms with van der Waals surface area (Å²) in [5.74, 6) is -7.79. The number of aliphatic imine (C=N–C) groups is 1. The lowest BCUT2D eigenvalue weighted by Gasteiger charge is -2.42. The van der Waals surface area contributed by atoms with Gasteiger partial charge in [-0.15, -0.1) is 11.8 Å². The maximum absolute atomic E-state index is 14.2. The third kappa shape index (κ3) is 13.6. The van der Waals surface area contributed by atoms with Crippen LogP contribution in [0.25, 0.3) is 0 Å². The Balaban J connectivity index is 1.97. The maximum atomic E-state index is 14.2. The zero-order valence-corrected chi connectivity index (χ0v) is 33.7. The van der Waals surface area contributed by atoms with Gasteiger partial charge in [-0.25, -0.2) is 0 Å². The summed E-state index contributed by atoms with van der Waals surface area (Å²) in [6.45, 7) is 2.22. The van der Waals surface area contributed by atoms with Gasteiger partial charge in [0.1, 0.15) is 54.0 Å². The summed E-state index contributed by atoms with van der Waals surface area (Å²) in [5, 5.41) is 50.7. The first-order valence-electron chi connectivity index (χ1n) is 19.1. The first-order valence-corrected chi connectivity index (χ1v) is 20.2. The molecule has 3 rings (SSSR count). The maximum Gasteiger partial charge on any atom is 0.305 e. The van der Waals surface area contributed by atoms with Crippen molar-refractivity contribution in [1.82, 2.24) is 31.1 Å². The predicted molar refractivity (Wildman–Crippen MR) is 208 cm³/mol. The number of ether oxygens (including phenoxy) is 1. The molecule has 0 unspecified atom stereocenters. The first kappa shape index (κ1) is 48.5. The zero-order valence-electron chi connectivity index (χ0n) is 32.9. The molecule has 59 heavy (non-hydrogen) atoms. The molecule has 3 heterocycles. The van der Waals surface area contributed by atoms with Crippen LogP contribution in [0.1, 0.15) is 58.8 Å². The van der Waals surface area contributed by atoms with E-state index in [1.807, 2.05) is 0 Å². The number of carboxylic acids is 1. The number of carboxylic acid groups (broad SMARTS) is 1. The van der Waals surface area contributed by atoms with E-state index in [9.17, 15) is 58.8 Å². The summed E-state index contributed by atoms with van der Waals surface area (Å²) in [6, 6.07) is -9.06. The van der Waals surface area contributed by atoms with Gasteiger partial charge in [0.2, 0.25) is 41.4 Å². The number of aliphatic hydroxyl groups is 3. The van der Waals surface area contributed by atoms with Crippen molar-refractivity contribution in [3.8, 4) is 0 Å². The summed E-state index contributed by atoms with van der Waals surface area (Å²) in [6.07, 6.45) is -4.13. The Labute approximate surface area is 343 Å². The molecule has 3 saturated heterocycles. The smallest absolute Gasteiger partial charge is 0.305 e. The number of guanidine groups is 1. The Hall–Kier alpha value is -4.82. The minimum absolute atomic E-state index is 0.0474. The number of nitrogens with two attached hydrogens (primary N) is 4. The number of aliphatic hydroxyl groups excluding tert-OH is 3. The molecule has 11 atom stereocenters. The second-order valence-corrected chi connectivity index (χ2v) is 15.7. The molecule has 7 amide bonds. The van der Waals surface area contributed by atoms with Crippen molar-refractivity contribution in [2.24, 2.45) is 27.9 Å². The van der Waals surface area contributed by atoms with Gasteiger partial charge >= 0.3 is 5.97 Å². The number of nitrogens with zero attached hydrogens (tertiary/aromatic N) is 3. The number of thioether (sulfide) groups is 1. The molecule has 0 spiro atoms. The zero-order chi connectivity index (χ0) is 44.1. The normalized spacial score (nSPS) is 26.1. The Morgan fingerprint density at radius 2 is 1.46 bits per heavy atom. The van der Waals surface area contributed by atoms with E-state index in [2.05, 4.69) is 26.3 Å². The van der Waals surface area contributed by atoms with Crippen LogP contribution in [0.3, 0.4) is 0 Å². The first-order chi connectivity index (χ1) is 27.8. The number of amides is 7. The largest absolute Gasteiger partial charge is 0.481 e. The van der Waals surface area contributed by atoms with Crippen molar-refractivity contribution in [1.29, 1.82) is 0 Å². The van der Waals surface area contributed by atoms with E-state index in [1.165, 1.54) is 16.7 Å². The molecule has 0 radical (unpaired) electrons. The average Bonchev–Trinajstić information content (AvgIpc) is 3.87. The molecular weight excluding hydrogens is 803 g/mol. The molecule has 3 aliphatic rings. The number of hydrogen-bond acceptors (Lipinski definition) is 15. The van der Waals surface area contributed by atoms with Crippen molar-refractivity contribution in [2.75, 3.05) is 32.0 Å². The molecule has 3 aliphatic heterocycles. The minimum atomic E-state index is -1.79. The van der Waals surface area contributed by atoms with Crippen LogP contribution in [0.15, 0.2) is 4.99 Å². The van der Waals surface area contributed by atoms with Gasteiger partial charge < -0.3 is 79.2 Å². The Bertz CT molecular complexity index is 1590. The average molecular weight is 860 g/mol. The number of hydrogen-bond donors (Lipinski definition) is 12. The molecule has 0 bridgehead atoms. The van der Waals surface area contributed by atoms with Crippen LogP contribution >= 0.6 is 11.8 Å². The number of primary amides is 1. The number of likely N-dealkylation sites (tertiary alicyclic amines) is 2. The number of rotatable bonds is 20. The summed E-state index contributed by atoms with van der Waals surface area (Å²) in [7, 11) is 0. The van der Waals surface area contributed by atoms with E-state index >= 15 is 0 Å². The van der Waals surface area contributed by atoms with Gasteiger partial charge in [0.15, 0.2) is 5.96 Å². The third-order valence-electron chi connectivity index (χ3n) is 9.97. The molecule has 0 aliphatic carbocycles. The van der Waals surface area contributed by atoms with Gasteiger partial charge in [-0.1, -0.05) is 0 Å².